The number of thiocarbonyl (C=S) groups is 1. The second kappa shape index (κ2) is 3.31. The van der Waals surface area contributed by atoms with E-state index in [1.165, 1.54) is 0 Å². The van der Waals surface area contributed by atoms with E-state index in [0.29, 0.717) is 4.32 Å². The van der Waals surface area contributed by atoms with E-state index in [1.54, 1.807) is 0 Å². The predicted octanol–water partition coefficient (Wildman–Crippen LogP) is 1.99. The second-order valence-corrected chi connectivity index (χ2v) is 2.42. The molecular weight excluding hydrogens is 218 g/mol. The van der Waals surface area contributed by atoms with Crippen LogP contribution in [0.3, 0.4) is 0 Å². The Morgan fingerprint density at radius 2 is 2.20 bits per heavy atom. The van der Waals surface area contributed by atoms with E-state index in [1.807, 2.05) is 0 Å². The summed E-state index contributed by atoms with van der Waals surface area (Å²) < 4.78 is 1.32. The van der Waals surface area contributed by atoms with Crippen molar-refractivity contribution in [1.29, 1.82) is 0 Å². The van der Waals surface area contributed by atoms with Crippen LogP contribution in [-0.4, -0.2) is 8.75 Å². The lowest BCUT2D eigenvalue weighted by molar-refractivity contribution is 2.25. The Balaban J connectivity index is 2.85. The molecule has 0 saturated carbocycles. The molecule has 0 fully saturated rings. The van der Waals surface area contributed by atoms with Crippen LogP contribution in [0, 0.1) is 0 Å². The van der Waals surface area contributed by atoms with Gasteiger partial charge in [0, 0.05) is 4.43 Å². The highest BCUT2D eigenvalue weighted by atomic mass is 127. The van der Waals surface area contributed by atoms with Crippen molar-refractivity contribution in [3.8, 4) is 0 Å². The molecular formula is C2H2ClIS. The average Bonchev–Trinajstić information content (AvgIpc) is 1.38. The van der Waals surface area contributed by atoms with Crippen molar-refractivity contribution in [2.24, 2.45) is 0 Å². The van der Waals surface area contributed by atoms with Crippen LogP contribution in [0.25, 0.3) is 0 Å². The van der Waals surface area contributed by atoms with Gasteiger partial charge in [-0.25, -0.2) is 0 Å². The zero-order valence-electron chi connectivity index (χ0n) is 2.37. The molecule has 0 amide bonds. The molecule has 0 radical (unpaired) electrons. The fourth-order valence-corrected chi connectivity index (χ4v) is 0. The first-order chi connectivity index (χ1) is 2.27. The normalized spacial score (nSPS) is 7.60. The van der Waals surface area contributed by atoms with Gasteiger partial charge in [-0.15, -0.1) is 0 Å². The Kier molecular flexibility index (Phi) is 4.04. The topological polar surface area (TPSA) is 0 Å². The van der Waals surface area contributed by atoms with Gasteiger partial charge in [0.2, 0.25) is 0 Å². The Morgan fingerprint density at radius 1 is 2.00 bits per heavy atom. The van der Waals surface area contributed by atoms with E-state index >= 15 is 0 Å². The van der Waals surface area contributed by atoms with E-state index in [2.05, 4.69) is 34.8 Å². The maximum absolute atomic E-state index is 5.19. The third-order valence-corrected chi connectivity index (χ3v) is 2.11. The maximum Gasteiger partial charge on any atom is 0.0905 e. The molecule has 0 spiro atoms. The van der Waals surface area contributed by atoms with Gasteiger partial charge in [-0.3, -0.25) is 0 Å². The van der Waals surface area contributed by atoms with Crippen LogP contribution < -0.4 is 0 Å². The Bertz CT molecular complexity index is 44.9. The fourth-order valence-electron chi connectivity index (χ4n) is 0. The first-order valence-corrected chi connectivity index (χ1v) is 3.33. The number of alkyl halides is 1. The minimum absolute atomic E-state index is 0.547. The molecule has 0 aliphatic rings. The molecule has 0 aliphatic heterocycles. The van der Waals surface area contributed by atoms with Gasteiger partial charge in [0.1, 0.15) is 0 Å². The van der Waals surface area contributed by atoms with Crippen LogP contribution in [-0.2, 0) is 0 Å². The summed E-state index contributed by atoms with van der Waals surface area (Å²) in [6.45, 7) is 0. The summed E-state index contributed by atoms with van der Waals surface area (Å²) in [5.41, 5.74) is 0. The highest BCUT2D eigenvalue weighted by Gasteiger charge is 1.76. The monoisotopic (exact) mass is 220 g/mol. The number of rotatable bonds is 1. The highest BCUT2D eigenvalue weighted by Crippen LogP contribution is 1.89. The second-order valence-electron chi connectivity index (χ2n) is 0.489. The molecule has 5 heavy (non-hydrogen) atoms. The lowest BCUT2D eigenvalue weighted by atomic mass is 11.0. The van der Waals surface area contributed by atoms with Crippen molar-refractivity contribution in [2.75, 3.05) is 4.43 Å². The van der Waals surface area contributed by atoms with Gasteiger partial charge in [0.15, 0.2) is 0 Å². The molecule has 0 saturated heterocycles. The van der Waals surface area contributed by atoms with Crippen molar-refractivity contribution in [3.63, 3.8) is 0 Å². The number of halogens is 2. The molecule has 0 bridgehead atoms. The van der Waals surface area contributed by atoms with Crippen molar-refractivity contribution in [2.45, 2.75) is 0 Å². The van der Waals surface area contributed by atoms with E-state index < -0.39 is 0 Å². The number of hydrogen-bond donors (Lipinski definition) is 0. The maximum atomic E-state index is 5.19. The summed E-state index contributed by atoms with van der Waals surface area (Å²) in [6.07, 6.45) is 0. The Labute approximate surface area is 55.0 Å². The van der Waals surface area contributed by atoms with Gasteiger partial charge >= 0.3 is 0 Å². The Morgan fingerprint density at radius 3 is 2.20 bits per heavy atom. The zero-order valence-corrected chi connectivity index (χ0v) is 6.10. The minimum Gasteiger partial charge on any atom is -0.0793 e. The van der Waals surface area contributed by atoms with E-state index in [-0.39, 0.29) is 0 Å². The summed E-state index contributed by atoms with van der Waals surface area (Å²) in [4.78, 5) is 0. The molecule has 0 aromatic carbocycles. The van der Waals surface area contributed by atoms with Gasteiger partial charge in [-0.05, 0) is 0 Å². The first-order valence-electron chi connectivity index (χ1n) is 1.01. The number of hydrogen-bond acceptors (Lipinski definition) is 1. The lowest BCUT2D eigenvalue weighted by Gasteiger charge is -1.71. The van der Waals surface area contributed by atoms with Gasteiger partial charge in [0.25, 0.3) is 0 Å². The standard InChI is InChI=1S/C2H2ClIS/c3-2(5)1-4/h1H2. The van der Waals surface area contributed by atoms with Crippen LogP contribution in [0.2, 0.25) is 0 Å². The van der Waals surface area contributed by atoms with Gasteiger partial charge in [-0.1, -0.05) is 46.4 Å². The summed E-state index contributed by atoms with van der Waals surface area (Å²) in [5.74, 6) is 0. The van der Waals surface area contributed by atoms with Gasteiger partial charge in [0.05, 0.1) is 4.32 Å². The van der Waals surface area contributed by atoms with Crippen LogP contribution in [0.5, 0.6) is 0 Å². The lowest BCUT2D eigenvalue weighted by Crippen LogP contribution is -1.75. The third-order valence-electron chi connectivity index (χ3n) is 0.105. The van der Waals surface area contributed by atoms with Gasteiger partial charge < -0.3 is 0 Å². The fraction of sp³-hybridized carbons (Fsp3) is 0.500. The van der Waals surface area contributed by atoms with Crippen LogP contribution in [0.4, 0.5) is 0 Å². The summed E-state index contributed by atoms with van der Waals surface area (Å²) in [7, 11) is 0. The molecule has 0 aromatic heterocycles. The molecule has 0 aromatic rings. The van der Waals surface area contributed by atoms with Crippen LogP contribution in [0.15, 0.2) is 0 Å². The molecule has 0 rings (SSSR count). The molecule has 0 atom stereocenters. The largest absolute Gasteiger partial charge is 0.0905 e. The molecule has 30 valence electrons. The summed E-state index contributed by atoms with van der Waals surface area (Å²) in [6, 6.07) is 0. The molecule has 0 unspecified atom stereocenters. The minimum atomic E-state index is 0.547. The van der Waals surface area contributed by atoms with E-state index in [9.17, 15) is 0 Å². The van der Waals surface area contributed by atoms with Crippen molar-refractivity contribution < 1.29 is 0 Å². The molecule has 0 N–H and O–H groups in total. The average molecular weight is 220 g/mol. The van der Waals surface area contributed by atoms with Gasteiger partial charge in [-0.2, -0.15) is 0 Å². The predicted molar refractivity (Wildman–Crippen MR) is 37.3 cm³/mol. The van der Waals surface area contributed by atoms with Crippen molar-refractivity contribution in [1.82, 2.24) is 0 Å². The zero-order chi connectivity index (χ0) is 4.28. The molecule has 0 nitrogen and oxygen atoms in total. The summed E-state index contributed by atoms with van der Waals surface area (Å²) >= 11 is 11.7. The first kappa shape index (κ1) is 6.11. The van der Waals surface area contributed by atoms with Crippen LogP contribution >= 0.6 is 46.4 Å². The SMILES string of the molecule is S=C(Cl)CI. The molecule has 0 heterocycles. The molecule has 0 aliphatic carbocycles. The van der Waals surface area contributed by atoms with Crippen molar-refractivity contribution >= 4 is 50.7 Å². The van der Waals surface area contributed by atoms with Crippen LogP contribution in [0.1, 0.15) is 0 Å². The summed E-state index contributed by atoms with van der Waals surface area (Å²) in [5, 5.41) is 0. The quantitative estimate of drug-likeness (QED) is 0.282. The smallest absolute Gasteiger partial charge is 0.0793 e. The Hall–Kier alpha value is 1.11. The van der Waals surface area contributed by atoms with E-state index in [4.69, 9.17) is 11.6 Å². The highest BCUT2D eigenvalue weighted by molar-refractivity contribution is 14.1. The van der Waals surface area contributed by atoms with Crippen molar-refractivity contribution in [3.05, 3.63) is 0 Å². The third kappa shape index (κ3) is 5.11. The molecule has 3 heteroatoms. The van der Waals surface area contributed by atoms with E-state index in [0.717, 1.165) is 4.43 Å².